The summed E-state index contributed by atoms with van der Waals surface area (Å²) in [5, 5.41) is 11.2. The molecule has 0 spiro atoms. The van der Waals surface area contributed by atoms with Gasteiger partial charge in [-0.3, -0.25) is 9.59 Å². The molecule has 1 aliphatic heterocycles. The summed E-state index contributed by atoms with van der Waals surface area (Å²) >= 11 is 0. The number of para-hydroxylation sites is 1. The van der Waals surface area contributed by atoms with E-state index in [1.807, 2.05) is 67.6 Å². The molecule has 1 N–H and O–H groups in total. The summed E-state index contributed by atoms with van der Waals surface area (Å²) in [6, 6.07) is 21.8. The molecule has 0 aliphatic carbocycles. The number of rotatable bonds is 6. The van der Waals surface area contributed by atoms with Crippen molar-refractivity contribution in [3.8, 4) is 5.75 Å². The molecule has 0 saturated carbocycles. The van der Waals surface area contributed by atoms with Crippen LogP contribution < -0.4 is 4.74 Å². The zero-order chi connectivity index (χ0) is 23.5. The minimum absolute atomic E-state index is 0.105. The van der Waals surface area contributed by atoms with Crippen LogP contribution in [0.15, 0.2) is 78.4 Å². The molecule has 3 aromatic carbocycles. The average Bonchev–Trinajstić information content (AvgIpc) is 3.09. The Morgan fingerprint density at radius 3 is 2.30 bits per heavy atom. The smallest absolute Gasteiger partial charge is 0.295 e. The number of carbonyl (C=O) groups is 2. The van der Waals surface area contributed by atoms with Gasteiger partial charge in [-0.1, -0.05) is 73.7 Å². The molecule has 0 aromatic heterocycles. The zero-order valence-electron chi connectivity index (χ0n) is 19.0. The molecule has 1 atom stereocenters. The average molecular weight is 442 g/mol. The molecule has 1 fully saturated rings. The number of aliphatic hydroxyl groups excluding tert-OH is 1. The van der Waals surface area contributed by atoms with Crippen LogP contribution in [-0.4, -0.2) is 28.8 Å². The van der Waals surface area contributed by atoms with Crippen LogP contribution in [0.1, 0.15) is 40.8 Å². The molecule has 168 valence electrons. The van der Waals surface area contributed by atoms with Gasteiger partial charge in [-0.2, -0.15) is 0 Å². The maximum atomic E-state index is 13.3. The third kappa shape index (κ3) is 4.14. The molecular weight excluding hydrogens is 414 g/mol. The molecule has 5 heteroatoms. The number of ketones is 1. The number of aliphatic hydroxyl groups is 1. The fourth-order valence-electron chi connectivity index (χ4n) is 4.33. The number of hydrogen-bond donors (Lipinski definition) is 1. The van der Waals surface area contributed by atoms with Gasteiger partial charge in [0.25, 0.3) is 11.7 Å². The van der Waals surface area contributed by atoms with Gasteiger partial charge in [0.15, 0.2) is 0 Å². The Labute approximate surface area is 193 Å². The fraction of sp³-hybridized carbons (Fsp3) is 0.214. The van der Waals surface area contributed by atoms with Gasteiger partial charge < -0.3 is 14.7 Å². The number of hydrogen-bond acceptors (Lipinski definition) is 4. The number of aryl methyl sites for hydroxylation is 2. The monoisotopic (exact) mass is 441 g/mol. The van der Waals surface area contributed by atoms with Gasteiger partial charge in [0, 0.05) is 11.1 Å². The summed E-state index contributed by atoms with van der Waals surface area (Å²) < 4.78 is 5.46. The second-order valence-electron chi connectivity index (χ2n) is 8.15. The van der Waals surface area contributed by atoms with E-state index in [2.05, 4.69) is 6.92 Å². The van der Waals surface area contributed by atoms with Crippen LogP contribution in [0.2, 0.25) is 0 Å². The lowest BCUT2D eigenvalue weighted by molar-refractivity contribution is -0.140. The predicted octanol–water partition coefficient (Wildman–Crippen LogP) is 5.19. The van der Waals surface area contributed by atoms with Crippen LogP contribution in [0.25, 0.3) is 5.76 Å². The van der Waals surface area contributed by atoms with E-state index < -0.39 is 17.7 Å². The quantitative estimate of drug-likeness (QED) is 0.325. The summed E-state index contributed by atoms with van der Waals surface area (Å²) in [6.45, 7) is 4.17. The number of nitrogens with zero attached hydrogens (tertiary/aromatic N) is 1. The van der Waals surface area contributed by atoms with E-state index >= 15 is 0 Å². The molecule has 33 heavy (non-hydrogen) atoms. The molecule has 5 nitrogen and oxygen atoms in total. The number of likely N-dealkylation sites (tertiary alicyclic amines) is 1. The van der Waals surface area contributed by atoms with Crippen molar-refractivity contribution < 1.29 is 19.4 Å². The van der Waals surface area contributed by atoms with E-state index in [1.54, 1.807) is 19.2 Å². The Hall–Kier alpha value is -3.86. The number of benzene rings is 3. The first-order valence-corrected chi connectivity index (χ1v) is 11.0. The van der Waals surface area contributed by atoms with Crippen molar-refractivity contribution in [2.45, 2.75) is 32.9 Å². The van der Waals surface area contributed by atoms with Gasteiger partial charge in [0.2, 0.25) is 0 Å². The van der Waals surface area contributed by atoms with E-state index in [0.717, 1.165) is 28.7 Å². The third-order valence-corrected chi connectivity index (χ3v) is 6.19. The molecule has 1 heterocycles. The molecule has 3 aromatic rings. The number of ether oxygens (including phenoxy) is 1. The van der Waals surface area contributed by atoms with E-state index in [-0.39, 0.29) is 17.9 Å². The van der Waals surface area contributed by atoms with E-state index in [9.17, 15) is 14.7 Å². The number of methoxy groups -OCH3 is 1. The summed E-state index contributed by atoms with van der Waals surface area (Å²) in [7, 11) is 1.58. The van der Waals surface area contributed by atoms with E-state index in [4.69, 9.17) is 4.74 Å². The number of amides is 1. The van der Waals surface area contributed by atoms with Crippen LogP contribution in [0, 0.1) is 6.92 Å². The van der Waals surface area contributed by atoms with Gasteiger partial charge in [-0.05, 0) is 36.1 Å². The highest BCUT2D eigenvalue weighted by Gasteiger charge is 2.46. The molecule has 1 amide bonds. The fourth-order valence-corrected chi connectivity index (χ4v) is 4.33. The highest BCUT2D eigenvalue weighted by Crippen LogP contribution is 2.42. The van der Waals surface area contributed by atoms with Crippen molar-refractivity contribution in [3.05, 3.63) is 106 Å². The van der Waals surface area contributed by atoms with Gasteiger partial charge >= 0.3 is 0 Å². The van der Waals surface area contributed by atoms with Crippen molar-refractivity contribution in [1.82, 2.24) is 4.90 Å². The van der Waals surface area contributed by atoms with Crippen LogP contribution in [-0.2, 0) is 22.6 Å². The number of carbonyl (C=O) groups excluding carboxylic acids is 2. The summed E-state index contributed by atoms with van der Waals surface area (Å²) in [5.74, 6) is -0.846. The lowest BCUT2D eigenvalue weighted by Crippen LogP contribution is -2.29. The minimum atomic E-state index is -0.707. The first kappa shape index (κ1) is 22.3. The van der Waals surface area contributed by atoms with E-state index in [1.165, 1.54) is 4.90 Å². The molecule has 1 aliphatic rings. The van der Waals surface area contributed by atoms with Crippen molar-refractivity contribution >= 4 is 17.4 Å². The van der Waals surface area contributed by atoms with Gasteiger partial charge in [0.05, 0.1) is 25.3 Å². The Kier molecular flexibility index (Phi) is 6.31. The van der Waals surface area contributed by atoms with E-state index in [0.29, 0.717) is 11.3 Å². The molecule has 0 bridgehead atoms. The molecule has 4 rings (SSSR count). The summed E-state index contributed by atoms with van der Waals surface area (Å²) in [5.41, 5.74) is 4.26. The van der Waals surface area contributed by atoms with Crippen molar-refractivity contribution in [2.24, 2.45) is 0 Å². The lowest BCUT2D eigenvalue weighted by Gasteiger charge is -2.27. The van der Waals surface area contributed by atoms with Crippen molar-refractivity contribution in [1.29, 1.82) is 0 Å². The van der Waals surface area contributed by atoms with Crippen molar-refractivity contribution in [3.63, 3.8) is 0 Å². The first-order valence-electron chi connectivity index (χ1n) is 11.0. The predicted molar refractivity (Wildman–Crippen MR) is 128 cm³/mol. The summed E-state index contributed by atoms with van der Waals surface area (Å²) in [4.78, 5) is 28.0. The maximum absolute atomic E-state index is 13.3. The van der Waals surface area contributed by atoms with Crippen LogP contribution in [0.4, 0.5) is 0 Å². The Bertz CT molecular complexity index is 1230. The molecule has 1 saturated heterocycles. The normalized spacial score (nSPS) is 17.4. The molecule has 1 unspecified atom stereocenters. The Morgan fingerprint density at radius 1 is 0.970 bits per heavy atom. The highest BCUT2D eigenvalue weighted by atomic mass is 16.5. The van der Waals surface area contributed by atoms with Crippen LogP contribution >= 0.6 is 0 Å². The zero-order valence-corrected chi connectivity index (χ0v) is 19.0. The maximum Gasteiger partial charge on any atom is 0.295 e. The summed E-state index contributed by atoms with van der Waals surface area (Å²) in [6.07, 6.45) is 0.869. The second kappa shape index (κ2) is 9.33. The first-order chi connectivity index (χ1) is 16.0. The second-order valence-corrected chi connectivity index (χ2v) is 8.15. The lowest BCUT2D eigenvalue weighted by atomic mass is 9.92. The largest absolute Gasteiger partial charge is 0.507 e. The number of Topliss-reactive ketones (excluding diaryl/α,β-unsaturated/α-hetero) is 1. The Morgan fingerprint density at radius 2 is 1.64 bits per heavy atom. The minimum Gasteiger partial charge on any atom is -0.507 e. The SMILES string of the molecule is CCc1ccc(/C(O)=C2\C(=O)C(=O)N(Cc3ccccc3OC)C2c2ccccc2C)cc1. The van der Waals surface area contributed by atoms with Gasteiger partial charge in [-0.15, -0.1) is 0 Å². The topological polar surface area (TPSA) is 66.8 Å². The highest BCUT2D eigenvalue weighted by molar-refractivity contribution is 6.46. The van der Waals surface area contributed by atoms with Crippen LogP contribution in [0.5, 0.6) is 5.75 Å². The Balaban J connectivity index is 1.87. The van der Waals surface area contributed by atoms with Gasteiger partial charge in [0.1, 0.15) is 11.5 Å². The molecular formula is C28H27NO4. The standard InChI is InChI=1S/C28H27NO4/c1-4-19-13-15-20(16-14-19)26(30)24-25(22-11-7-5-9-18(22)2)29(28(32)27(24)31)17-21-10-6-8-12-23(21)33-3/h5-16,25,30H,4,17H2,1-3H3/b26-24+. The van der Waals surface area contributed by atoms with Crippen molar-refractivity contribution in [2.75, 3.05) is 7.11 Å². The van der Waals surface area contributed by atoms with Crippen LogP contribution in [0.3, 0.4) is 0 Å². The molecule has 0 radical (unpaired) electrons. The van der Waals surface area contributed by atoms with Gasteiger partial charge in [-0.25, -0.2) is 0 Å². The third-order valence-electron chi connectivity index (χ3n) is 6.19.